The Morgan fingerprint density at radius 2 is 1.37 bits per heavy atom. The minimum absolute atomic E-state index is 0.214. The van der Waals surface area contributed by atoms with E-state index in [1.165, 1.54) is 4.90 Å². The second-order valence-electron chi connectivity index (χ2n) is 8.11. The summed E-state index contributed by atoms with van der Waals surface area (Å²) in [6, 6.07) is 22.9. The van der Waals surface area contributed by atoms with E-state index in [0.29, 0.717) is 5.69 Å². The van der Waals surface area contributed by atoms with Gasteiger partial charge in [-0.3, -0.25) is 9.59 Å². The van der Waals surface area contributed by atoms with Crippen molar-refractivity contribution in [1.82, 2.24) is 0 Å². The Morgan fingerprint density at radius 1 is 0.800 bits per heavy atom. The van der Waals surface area contributed by atoms with Crippen LogP contribution in [0.2, 0.25) is 0 Å². The molecule has 7 rings (SSSR count). The number of imide groups is 1. The summed E-state index contributed by atoms with van der Waals surface area (Å²) < 4.78 is 0.831. The van der Waals surface area contributed by atoms with Gasteiger partial charge in [-0.1, -0.05) is 60.7 Å². The van der Waals surface area contributed by atoms with Gasteiger partial charge in [-0.15, -0.1) is 0 Å². The number of benzene rings is 3. The summed E-state index contributed by atoms with van der Waals surface area (Å²) in [5, 5.41) is 0. The Bertz CT molecular complexity index is 1220. The van der Waals surface area contributed by atoms with E-state index < -0.39 is 17.3 Å². The minimum atomic E-state index is -1.14. The highest BCUT2D eigenvalue weighted by Gasteiger charge is 2.68. The Balaban J connectivity index is 1.67. The lowest BCUT2D eigenvalue weighted by molar-refractivity contribution is -0.128. The van der Waals surface area contributed by atoms with Crippen LogP contribution in [0.25, 0.3) is 0 Å². The lowest BCUT2D eigenvalue weighted by Gasteiger charge is -2.51. The number of para-hydroxylation sites is 1. The van der Waals surface area contributed by atoms with Crippen molar-refractivity contribution in [3.8, 4) is 0 Å². The zero-order chi connectivity index (χ0) is 20.6. The molecule has 146 valence electrons. The van der Waals surface area contributed by atoms with Crippen LogP contribution in [-0.2, 0) is 19.8 Å². The lowest BCUT2D eigenvalue weighted by atomic mass is 9.48. The van der Waals surface area contributed by atoms with Crippen molar-refractivity contribution in [2.75, 3.05) is 4.90 Å². The van der Waals surface area contributed by atoms with Crippen LogP contribution in [0.3, 0.4) is 0 Å². The first-order valence-electron chi connectivity index (χ1n) is 9.88. The quantitative estimate of drug-likeness (QED) is 0.300. The number of nitrogens with zero attached hydrogens (tertiary/aromatic N) is 1. The molecule has 0 saturated carbocycles. The van der Waals surface area contributed by atoms with E-state index in [9.17, 15) is 14.4 Å². The van der Waals surface area contributed by atoms with Gasteiger partial charge in [-0.2, -0.15) is 0 Å². The number of amides is 2. The molecular formula is C25H16INO3. The molecule has 5 heteroatoms. The molecule has 3 aliphatic carbocycles. The first kappa shape index (κ1) is 18.0. The van der Waals surface area contributed by atoms with Gasteiger partial charge >= 0.3 is 0 Å². The fourth-order valence-corrected chi connectivity index (χ4v) is 6.53. The first-order chi connectivity index (χ1) is 14.6. The zero-order valence-electron chi connectivity index (χ0n) is 15.8. The molecule has 1 aliphatic heterocycles. The van der Waals surface area contributed by atoms with Gasteiger partial charge in [0.1, 0.15) is 6.29 Å². The third kappa shape index (κ3) is 1.94. The summed E-state index contributed by atoms with van der Waals surface area (Å²) >= 11 is 2.15. The number of halogens is 1. The Hall–Kier alpha value is -2.80. The number of aldehydes is 1. The Labute approximate surface area is 187 Å². The van der Waals surface area contributed by atoms with Crippen LogP contribution in [0.4, 0.5) is 5.69 Å². The topological polar surface area (TPSA) is 54.5 Å². The van der Waals surface area contributed by atoms with Crippen molar-refractivity contribution in [2.45, 2.75) is 11.3 Å². The molecule has 1 fully saturated rings. The second kappa shape index (κ2) is 6.11. The maximum Gasteiger partial charge on any atom is 0.239 e. The van der Waals surface area contributed by atoms with E-state index in [0.717, 1.165) is 32.1 Å². The summed E-state index contributed by atoms with van der Waals surface area (Å²) in [6.07, 6.45) is 0.905. The molecule has 30 heavy (non-hydrogen) atoms. The third-order valence-corrected chi connectivity index (χ3v) is 7.88. The van der Waals surface area contributed by atoms with Crippen LogP contribution in [0.5, 0.6) is 0 Å². The van der Waals surface area contributed by atoms with Gasteiger partial charge in [0.2, 0.25) is 11.8 Å². The molecule has 3 aromatic rings. The van der Waals surface area contributed by atoms with Crippen molar-refractivity contribution in [1.29, 1.82) is 0 Å². The van der Waals surface area contributed by atoms with Gasteiger partial charge in [0.25, 0.3) is 0 Å². The van der Waals surface area contributed by atoms with Gasteiger partial charge in [0, 0.05) is 9.49 Å². The highest BCUT2D eigenvalue weighted by Crippen LogP contribution is 2.63. The monoisotopic (exact) mass is 505 g/mol. The molecule has 2 atom stereocenters. The molecule has 0 radical (unpaired) electrons. The Morgan fingerprint density at radius 3 is 1.97 bits per heavy atom. The SMILES string of the molecule is O=CC12c3ccccc3C(c3ccccc31)[C@H]1C(=O)N(c3ccccc3I)C(=O)[C@@H]12. The average molecular weight is 505 g/mol. The summed E-state index contributed by atoms with van der Waals surface area (Å²) in [7, 11) is 0. The molecule has 0 aromatic heterocycles. The second-order valence-corrected chi connectivity index (χ2v) is 9.27. The van der Waals surface area contributed by atoms with E-state index in [-0.39, 0.29) is 17.7 Å². The summed E-state index contributed by atoms with van der Waals surface area (Å²) in [4.78, 5) is 41.8. The average Bonchev–Trinajstić information content (AvgIpc) is 3.05. The van der Waals surface area contributed by atoms with E-state index in [4.69, 9.17) is 0 Å². The van der Waals surface area contributed by atoms with E-state index in [1.54, 1.807) is 6.07 Å². The summed E-state index contributed by atoms with van der Waals surface area (Å²) in [5.41, 5.74) is 3.13. The molecule has 4 aliphatic rings. The van der Waals surface area contributed by atoms with Crippen molar-refractivity contribution >= 4 is 46.4 Å². The van der Waals surface area contributed by atoms with Crippen LogP contribution in [0, 0.1) is 15.4 Å². The zero-order valence-corrected chi connectivity index (χ0v) is 17.9. The molecule has 0 N–H and O–H groups in total. The standard InChI is InChI=1S/C25H16INO3/c26-18-11-5-6-12-19(18)27-23(29)21-20-14-7-1-3-9-16(14)25(13-28,22(21)24(27)30)17-10-4-2-8-15(17)20/h1-13,20-22H/t20?,21-,22-,25?/m1/s1. The van der Waals surface area contributed by atoms with Gasteiger partial charge in [-0.05, 0) is 57.0 Å². The maximum absolute atomic E-state index is 13.8. The number of anilines is 1. The summed E-state index contributed by atoms with van der Waals surface area (Å²) in [6.45, 7) is 0. The van der Waals surface area contributed by atoms with Crippen LogP contribution < -0.4 is 4.90 Å². The minimum Gasteiger partial charge on any atom is -0.302 e. The predicted molar refractivity (Wildman–Crippen MR) is 120 cm³/mol. The third-order valence-electron chi connectivity index (χ3n) is 6.96. The van der Waals surface area contributed by atoms with Crippen molar-refractivity contribution in [3.63, 3.8) is 0 Å². The van der Waals surface area contributed by atoms with Gasteiger partial charge < -0.3 is 4.79 Å². The molecule has 1 saturated heterocycles. The molecule has 1 heterocycles. The summed E-state index contributed by atoms with van der Waals surface area (Å²) in [5.74, 6) is -2.03. The fourth-order valence-electron chi connectivity index (χ4n) is 5.90. The number of carbonyl (C=O) groups is 3. The number of hydrogen-bond donors (Lipinski definition) is 0. The van der Waals surface area contributed by atoms with Crippen LogP contribution >= 0.6 is 22.6 Å². The van der Waals surface area contributed by atoms with E-state index in [1.807, 2.05) is 66.7 Å². The van der Waals surface area contributed by atoms with E-state index in [2.05, 4.69) is 22.6 Å². The van der Waals surface area contributed by atoms with Crippen LogP contribution in [-0.4, -0.2) is 18.1 Å². The van der Waals surface area contributed by atoms with Gasteiger partial charge in [-0.25, -0.2) is 4.90 Å². The molecule has 0 spiro atoms. The predicted octanol–water partition coefficient (Wildman–Crippen LogP) is 4.04. The molecule has 4 nitrogen and oxygen atoms in total. The number of carbonyl (C=O) groups excluding carboxylic acids is 3. The molecule has 3 aromatic carbocycles. The molecule has 2 amide bonds. The normalized spacial score (nSPS) is 28.2. The Kier molecular flexibility index (Phi) is 3.67. The first-order valence-corrected chi connectivity index (χ1v) is 11.0. The van der Waals surface area contributed by atoms with Gasteiger partial charge in [0.05, 0.1) is 22.9 Å². The fraction of sp³-hybridized carbons (Fsp3) is 0.160. The number of hydrogen-bond acceptors (Lipinski definition) is 3. The van der Waals surface area contributed by atoms with Crippen LogP contribution in [0.15, 0.2) is 72.8 Å². The smallest absolute Gasteiger partial charge is 0.239 e. The lowest BCUT2D eigenvalue weighted by Crippen LogP contribution is -2.54. The highest BCUT2D eigenvalue weighted by atomic mass is 127. The maximum atomic E-state index is 13.8. The van der Waals surface area contributed by atoms with Crippen molar-refractivity contribution in [3.05, 3.63) is 98.6 Å². The highest BCUT2D eigenvalue weighted by molar-refractivity contribution is 14.1. The van der Waals surface area contributed by atoms with Crippen molar-refractivity contribution < 1.29 is 14.4 Å². The molecule has 2 bridgehead atoms. The van der Waals surface area contributed by atoms with Crippen molar-refractivity contribution in [2.24, 2.45) is 11.8 Å². The van der Waals surface area contributed by atoms with Gasteiger partial charge in [0.15, 0.2) is 0 Å². The number of rotatable bonds is 2. The van der Waals surface area contributed by atoms with E-state index >= 15 is 0 Å². The largest absolute Gasteiger partial charge is 0.302 e. The molecular weight excluding hydrogens is 489 g/mol. The van der Waals surface area contributed by atoms with Crippen LogP contribution in [0.1, 0.15) is 28.2 Å². The molecule has 0 unspecified atom stereocenters.